The molecule has 142 valence electrons. The first-order chi connectivity index (χ1) is 13.5. The van der Waals surface area contributed by atoms with E-state index < -0.39 is 11.0 Å². The monoisotopic (exact) mass is 374 g/mol. The Morgan fingerprint density at radius 2 is 2.07 bits per heavy atom. The van der Waals surface area contributed by atoms with Crippen LogP contribution in [0.4, 0.5) is 0 Å². The van der Waals surface area contributed by atoms with Crippen LogP contribution in [0.25, 0.3) is 10.9 Å². The molecule has 5 nitrogen and oxygen atoms in total. The number of aromatic amines is 1. The Balaban J connectivity index is 1.62. The van der Waals surface area contributed by atoms with Gasteiger partial charge in [-0.3, -0.25) is 0 Å². The minimum Gasteiger partial charge on any atom is -0.504 e. The number of ether oxygens (including phenoxy) is 1. The fourth-order valence-corrected chi connectivity index (χ4v) is 6.85. The first kappa shape index (κ1) is 15.4. The van der Waals surface area contributed by atoms with Crippen LogP contribution in [0.5, 0.6) is 11.5 Å². The molecule has 3 N–H and O–H groups in total. The number of aromatic nitrogens is 1. The molecule has 1 unspecified atom stereocenters. The van der Waals surface area contributed by atoms with Crippen LogP contribution in [0.1, 0.15) is 34.9 Å². The fourth-order valence-electron chi connectivity index (χ4n) is 6.85. The van der Waals surface area contributed by atoms with E-state index in [2.05, 4.69) is 29.1 Å². The number of piperidine rings is 1. The van der Waals surface area contributed by atoms with Gasteiger partial charge in [-0.2, -0.15) is 0 Å². The van der Waals surface area contributed by atoms with Crippen molar-refractivity contribution < 1.29 is 14.9 Å². The summed E-state index contributed by atoms with van der Waals surface area (Å²) in [6.45, 7) is 0.914. The van der Waals surface area contributed by atoms with E-state index in [9.17, 15) is 10.2 Å². The van der Waals surface area contributed by atoms with E-state index in [-0.39, 0.29) is 17.9 Å². The summed E-state index contributed by atoms with van der Waals surface area (Å²) in [5.41, 5.74) is 4.13. The van der Waals surface area contributed by atoms with Crippen molar-refractivity contribution >= 4 is 10.9 Å². The molecule has 2 aliphatic heterocycles. The predicted octanol–water partition coefficient (Wildman–Crippen LogP) is 2.79. The molecule has 0 radical (unpaired) electrons. The van der Waals surface area contributed by atoms with Crippen molar-refractivity contribution in [3.63, 3.8) is 0 Å². The van der Waals surface area contributed by atoms with Gasteiger partial charge in [0, 0.05) is 28.9 Å². The number of phenols is 1. The topological polar surface area (TPSA) is 68.7 Å². The summed E-state index contributed by atoms with van der Waals surface area (Å²) >= 11 is 0. The molecule has 0 amide bonds. The molecule has 2 aromatic carbocycles. The Morgan fingerprint density at radius 3 is 2.96 bits per heavy atom. The number of para-hydroxylation sites is 1. The highest BCUT2D eigenvalue weighted by Crippen LogP contribution is 2.68. The van der Waals surface area contributed by atoms with Crippen molar-refractivity contribution in [2.45, 2.75) is 42.4 Å². The van der Waals surface area contributed by atoms with Gasteiger partial charge in [0.05, 0.1) is 16.7 Å². The highest BCUT2D eigenvalue weighted by Gasteiger charge is 2.72. The van der Waals surface area contributed by atoms with Crippen molar-refractivity contribution in [1.82, 2.24) is 9.88 Å². The van der Waals surface area contributed by atoms with Crippen LogP contribution in [0.15, 0.2) is 36.4 Å². The lowest BCUT2D eigenvalue weighted by Crippen LogP contribution is -2.73. The number of rotatable bonds is 0. The molecule has 1 saturated heterocycles. The Kier molecular flexibility index (Phi) is 2.51. The second-order valence-electron chi connectivity index (χ2n) is 9.03. The number of likely N-dealkylation sites (N-methyl/N-ethyl adjacent to an activating group) is 1. The predicted molar refractivity (Wildman–Crippen MR) is 105 cm³/mol. The average molecular weight is 374 g/mol. The van der Waals surface area contributed by atoms with Gasteiger partial charge >= 0.3 is 0 Å². The molecule has 1 aromatic heterocycles. The first-order valence-corrected chi connectivity index (χ1v) is 10.1. The highest BCUT2D eigenvalue weighted by atomic mass is 16.5. The number of likely N-dealkylation sites (tertiary alicyclic amines) is 1. The van der Waals surface area contributed by atoms with Gasteiger partial charge in [-0.15, -0.1) is 0 Å². The second kappa shape index (κ2) is 4.56. The van der Waals surface area contributed by atoms with Crippen molar-refractivity contribution in [2.24, 2.45) is 0 Å². The normalized spacial score (nSPS) is 34.8. The lowest BCUT2D eigenvalue weighted by molar-refractivity contribution is -0.167. The molecular weight excluding hydrogens is 352 g/mol. The number of nitrogens with zero attached hydrogens (tertiary/aromatic N) is 1. The Bertz CT molecular complexity index is 1180. The van der Waals surface area contributed by atoms with Gasteiger partial charge in [-0.25, -0.2) is 0 Å². The van der Waals surface area contributed by atoms with Crippen molar-refractivity contribution in [2.75, 3.05) is 13.6 Å². The molecule has 5 heteroatoms. The molecule has 0 saturated carbocycles. The molecule has 4 aliphatic rings. The summed E-state index contributed by atoms with van der Waals surface area (Å²) in [5.74, 6) is 0.760. The van der Waals surface area contributed by atoms with Crippen LogP contribution in [0, 0.1) is 0 Å². The minimum absolute atomic E-state index is 0.0390. The van der Waals surface area contributed by atoms with Crippen LogP contribution < -0.4 is 4.74 Å². The van der Waals surface area contributed by atoms with Crippen molar-refractivity contribution in [3.05, 3.63) is 58.8 Å². The number of H-pyrrole nitrogens is 1. The van der Waals surface area contributed by atoms with Crippen molar-refractivity contribution in [1.29, 1.82) is 0 Å². The van der Waals surface area contributed by atoms with Gasteiger partial charge in [0.2, 0.25) is 0 Å². The third-order valence-electron chi connectivity index (χ3n) is 8.04. The molecule has 2 aliphatic carbocycles. The van der Waals surface area contributed by atoms with Crippen LogP contribution in [0.2, 0.25) is 0 Å². The lowest BCUT2D eigenvalue weighted by atomic mass is 9.49. The lowest BCUT2D eigenvalue weighted by Gasteiger charge is -2.62. The smallest absolute Gasteiger partial charge is 0.166 e. The molecule has 28 heavy (non-hydrogen) atoms. The molecule has 1 spiro atoms. The zero-order valence-corrected chi connectivity index (χ0v) is 15.7. The van der Waals surface area contributed by atoms with Crippen LogP contribution in [-0.2, 0) is 18.3 Å². The van der Waals surface area contributed by atoms with E-state index in [1.54, 1.807) is 6.07 Å². The molecule has 3 aromatic rings. The summed E-state index contributed by atoms with van der Waals surface area (Å²) in [5, 5.41) is 24.1. The van der Waals surface area contributed by atoms with E-state index in [1.165, 1.54) is 5.56 Å². The number of phenolic OH excluding ortho intramolecular Hbond substituents is 1. The van der Waals surface area contributed by atoms with Gasteiger partial charge in [-0.1, -0.05) is 24.3 Å². The summed E-state index contributed by atoms with van der Waals surface area (Å²) < 4.78 is 6.51. The molecule has 4 atom stereocenters. The van der Waals surface area contributed by atoms with E-state index in [0.29, 0.717) is 12.2 Å². The zero-order valence-electron chi connectivity index (χ0n) is 15.7. The number of aromatic hydroxyl groups is 1. The summed E-state index contributed by atoms with van der Waals surface area (Å²) in [6.07, 6.45) is 1.91. The maximum atomic E-state index is 12.4. The third-order valence-corrected chi connectivity index (χ3v) is 8.04. The maximum Gasteiger partial charge on any atom is 0.166 e. The molecular formula is C23H22N2O3. The van der Waals surface area contributed by atoms with E-state index >= 15 is 0 Å². The summed E-state index contributed by atoms with van der Waals surface area (Å²) in [4.78, 5) is 5.92. The molecule has 2 bridgehead atoms. The summed E-state index contributed by atoms with van der Waals surface area (Å²) in [6, 6.07) is 12.1. The minimum atomic E-state index is -0.922. The number of benzene rings is 2. The number of fused-ring (bicyclic) bond motifs is 4. The van der Waals surface area contributed by atoms with Gasteiger partial charge < -0.3 is 24.8 Å². The highest BCUT2D eigenvalue weighted by molar-refractivity contribution is 5.86. The Hall–Kier alpha value is -2.50. The van der Waals surface area contributed by atoms with Gasteiger partial charge in [-0.05, 0) is 49.7 Å². The van der Waals surface area contributed by atoms with Crippen LogP contribution >= 0.6 is 0 Å². The fraction of sp³-hybridized carbons (Fsp3) is 0.391. The number of hydrogen-bond acceptors (Lipinski definition) is 4. The summed E-state index contributed by atoms with van der Waals surface area (Å²) in [7, 11) is 2.12. The Labute approximate surface area is 162 Å². The number of aliphatic hydroxyl groups is 1. The van der Waals surface area contributed by atoms with Crippen LogP contribution in [-0.4, -0.2) is 45.3 Å². The third kappa shape index (κ3) is 1.42. The number of nitrogens with one attached hydrogen (secondary N) is 1. The zero-order chi connectivity index (χ0) is 18.8. The largest absolute Gasteiger partial charge is 0.504 e. The quantitative estimate of drug-likeness (QED) is 0.566. The van der Waals surface area contributed by atoms with Gasteiger partial charge in [0.25, 0.3) is 0 Å². The van der Waals surface area contributed by atoms with E-state index in [1.807, 2.05) is 18.2 Å². The second-order valence-corrected chi connectivity index (χ2v) is 9.03. The van der Waals surface area contributed by atoms with E-state index in [0.717, 1.165) is 47.1 Å². The molecule has 3 heterocycles. The average Bonchev–Trinajstić information content (AvgIpc) is 3.22. The molecule has 1 fully saturated rings. The number of hydrogen-bond donors (Lipinski definition) is 3. The Morgan fingerprint density at radius 1 is 1.21 bits per heavy atom. The van der Waals surface area contributed by atoms with Crippen molar-refractivity contribution in [3.8, 4) is 11.5 Å². The van der Waals surface area contributed by atoms with Gasteiger partial charge in [0.15, 0.2) is 17.6 Å². The standard InChI is InChI=1S/C23H22N2O3/c1-25-9-8-22-18-12-6-7-16(26)20(18)28-21(22)19-14(11-23(22,27)17(25)10-12)13-4-2-3-5-15(13)24-19/h2-7,17,21,24,26-27H,8-11H2,1H3/t17?,21-,22-,23+/m0/s1. The molecule has 7 rings (SSSR count). The van der Waals surface area contributed by atoms with Gasteiger partial charge in [0.1, 0.15) is 0 Å². The SMILES string of the molecule is CN1CC[C@]23c4c5ccc(O)c4O[C@H]2c2[nH]c4ccccc4c2C[C@@]3(O)C1C5. The van der Waals surface area contributed by atoms with Crippen LogP contribution in [0.3, 0.4) is 0 Å². The van der Waals surface area contributed by atoms with E-state index in [4.69, 9.17) is 4.74 Å². The first-order valence-electron chi connectivity index (χ1n) is 10.1. The maximum absolute atomic E-state index is 12.4.